The molecular formula is C26H18F12N2O4Se2. The average Bonchev–Trinajstić information content (AvgIpc) is 3.26. The Morgan fingerprint density at radius 3 is 0.913 bits per heavy atom. The summed E-state index contributed by atoms with van der Waals surface area (Å²) in [6.45, 7) is -1.79. The molecule has 252 valence electrons. The Labute approximate surface area is 263 Å². The third-order valence-electron chi connectivity index (χ3n) is 6.05. The van der Waals surface area contributed by atoms with Crippen molar-refractivity contribution in [2.45, 2.75) is 45.0 Å². The number of alkyl halides is 12. The summed E-state index contributed by atoms with van der Waals surface area (Å²) in [6, 6.07) is 11.1. The molecule has 0 N–H and O–H groups in total. The molecule has 46 heavy (non-hydrogen) atoms. The number of imide groups is 2. The summed E-state index contributed by atoms with van der Waals surface area (Å²) in [7, 11) is 0. The van der Waals surface area contributed by atoms with Gasteiger partial charge >= 0.3 is 264 Å². The number of hydrogen-bond acceptors (Lipinski definition) is 4. The molecule has 6 nitrogen and oxygen atoms in total. The van der Waals surface area contributed by atoms with Crippen LogP contribution in [0.3, 0.4) is 0 Å². The minimum atomic E-state index is -4.81. The number of amides is 4. The molecule has 0 unspecified atom stereocenters. The van der Waals surface area contributed by atoms with Gasteiger partial charge in [0.1, 0.15) is 0 Å². The van der Waals surface area contributed by atoms with Crippen LogP contribution in [-0.4, -0.2) is 98.9 Å². The van der Waals surface area contributed by atoms with Crippen LogP contribution in [0, 0.1) is 0 Å². The van der Waals surface area contributed by atoms with Gasteiger partial charge in [0.2, 0.25) is 0 Å². The van der Waals surface area contributed by atoms with Gasteiger partial charge in [-0.05, 0) is 0 Å². The van der Waals surface area contributed by atoms with E-state index in [1.165, 1.54) is 48.5 Å². The van der Waals surface area contributed by atoms with Gasteiger partial charge in [-0.3, -0.25) is 0 Å². The third kappa shape index (κ3) is 10.5. The molecule has 0 fully saturated rings. The Balaban J connectivity index is 0.000000250. The molecule has 2 aliphatic heterocycles. The quantitative estimate of drug-likeness (QED) is 0.174. The first-order chi connectivity index (χ1) is 21.0. The first-order valence-corrected chi connectivity index (χ1v) is 16.2. The number of rotatable bonds is 8. The summed E-state index contributed by atoms with van der Waals surface area (Å²) in [6.07, 6.45) is -13.0. The Kier molecular flexibility index (Phi) is 11.3. The normalized spacial score (nSPS) is 16.7. The van der Waals surface area contributed by atoms with E-state index >= 15 is 0 Å². The molecule has 4 amide bonds. The Morgan fingerprint density at radius 1 is 0.478 bits per heavy atom. The first-order valence-electron chi connectivity index (χ1n) is 12.5. The van der Waals surface area contributed by atoms with Crippen LogP contribution in [0.15, 0.2) is 48.5 Å². The molecule has 0 saturated heterocycles. The molecule has 0 saturated carbocycles. The molecule has 2 aromatic rings. The fourth-order valence-electron chi connectivity index (χ4n) is 4.40. The molecule has 20 heteroatoms. The molecule has 0 aromatic heterocycles. The SMILES string of the molecule is O=C1c2ccccc2C(=O)N1C[C@@H](CC(F)(F)F)[Se]C(F)(F)F.O=C1c2ccccc2C(=O)N1C[C@@H](CC(F)(F)F)[Se]C(F)(F)F. The van der Waals surface area contributed by atoms with Crippen LogP contribution < -0.4 is 0 Å². The average molecular weight is 808 g/mol. The van der Waals surface area contributed by atoms with Gasteiger partial charge in [-0.25, -0.2) is 0 Å². The Hall–Kier alpha value is -3.08. The van der Waals surface area contributed by atoms with Gasteiger partial charge < -0.3 is 0 Å². The van der Waals surface area contributed by atoms with Crippen LogP contribution in [0.5, 0.6) is 0 Å². The summed E-state index contributed by atoms with van der Waals surface area (Å²) < 4.78 is 150. The second kappa shape index (κ2) is 14.0. The van der Waals surface area contributed by atoms with Crippen molar-refractivity contribution in [1.82, 2.24) is 9.80 Å². The monoisotopic (exact) mass is 810 g/mol. The van der Waals surface area contributed by atoms with Crippen molar-refractivity contribution in [3.8, 4) is 0 Å². The van der Waals surface area contributed by atoms with Crippen LogP contribution in [0.25, 0.3) is 0 Å². The second-order valence-electron chi connectivity index (χ2n) is 9.54. The van der Waals surface area contributed by atoms with Crippen molar-refractivity contribution < 1.29 is 71.9 Å². The molecule has 2 aromatic carbocycles. The zero-order chi connectivity index (χ0) is 34.8. The number of fused-ring (bicyclic) bond motifs is 2. The Morgan fingerprint density at radius 2 is 0.717 bits per heavy atom. The van der Waals surface area contributed by atoms with Crippen LogP contribution in [0.4, 0.5) is 52.7 Å². The Bertz CT molecular complexity index is 1260. The maximum absolute atomic E-state index is 12.5. The first kappa shape index (κ1) is 37.4. The van der Waals surface area contributed by atoms with Gasteiger partial charge in [0.05, 0.1) is 0 Å². The van der Waals surface area contributed by atoms with Gasteiger partial charge in [-0.2, -0.15) is 0 Å². The summed E-state index contributed by atoms with van der Waals surface area (Å²) in [5, 5.41) is -9.52. The topological polar surface area (TPSA) is 74.8 Å². The summed E-state index contributed by atoms with van der Waals surface area (Å²) in [5.74, 6) is -3.46. The minimum absolute atomic E-state index is 0.0113. The second-order valence-corrected chi connectivity index (χ2v) is 15.3. The van der Waals surface area contributed by atoms with Gasteiger partial charge in [-0.1, -0.05) is 0 Å². The molecule has 2 atom stereocenters. The van der Waals surface area contributed by atoms with Crippen molar-refractivity contribution in [3.05, 3.63) is 70.8 Å². The maximum atomic E-state index is 12.5. The standard InChI is InChI=1S/2C13H9F6NO2Se/c2*14-12(15,16)5-7(23-13(17,18)19)6-20-10(21)8-3-1-2-4-9(8)11(20)22/h2*1-4,7H,5-6H2/t2*7-/m11/s1. The molecule has 0 aliphatic carbocycles. The van der Waals surface area contributed by atoms with Crippen LogP contribution in [-0.2, 0) is 0 Å². The van der Waals surface area contributed by atoms with E-state index in [1.54, 1.807) is 0 Å². The van der Waals surface area contributed by atoms with E-state index in [4.69, 9.17) is 0 Å². The van der Waals surface area contributed by atoms with Crippen molar-refractivity contribution in [1.29, 1.82) is 0 Å². The number of carbonyl (C=O) groups is 4. The zero-order valence-electron chi connectivity index (χ0n) is 22.5. The third-order valence-corrected chi connectivity index (χ3v) is 9.89. The van der Waals surface area contributed by atoms with Crippen molar-refractivity contribution in [3.63, 3.8) is 0 Å². The summed E-state index contributed by atoms with van der Waals surface area (Å²) in [5.41, 5.74) is -0.0453. The number of hydrogen-bond donors (Lipinski definition) is 0. The van der Waals surface area contributed by atoms with Crippen LogP contribution in [0.2, 0.25) is 9.63 Å². The van der Waals surface area contributed by atoms with Crippen molar-refractivity contribution >= 4 is 53.5 Å². The van der Waals surface area contributed by atoms with E-state index in [0.717, 1.165) is 0 Å². The van der Waals surface area contributed by atoms with Gasteiger partial charge in [0.15, 0.2) is 0 Å². The molecule has 0 radical (unpaired) electrons. The number of benzene rings is 2. The van der Waals surface area contributed by atoms with Crippen molar-refractivity contribution in [2.24, 2.45) is 0 Å². The van der Waals surface area contributed by atoms with Crippen LogP contribution in [0.1, 0.15) is 54.3 Å². The summed E-state index contributed by atoms with van der Waals surface area (Å²) >= 11 is -4.73. The fourth-order valence-corrected chi connectivity index (χ4v) is 8.07. The predicted octanol–water partition coefficient (Wildman–Crippen LogP) is 6.50. The molecule has 2 heterocycles. The number of carbonyl (C=O) groups excluding carboxylic acids is 4. The van der Waals surface area contributed by atoms with Crippen LogP contribution >= 0.6 is 0 Å². The number of nitrogens with zero attached hydrogens (tertiary/aromatic N) is 2. The molecular weight excluding hydrogens is 790 g/mol. The predicted molar refractivity (Wildman–Crippen MR) is 136 cm³/mol. The van der Waals surface area contributed by atoms with E-state index in [-0.39, 0.29) is 22.3 Å². The van der Waals surface area contributed by atoms with E-state index in [9.17, 15) is 71.9 Å². The van der Waals surface area contributed by atoms with Gasteiger partial charge in [0, 0.05) is 0 Å². The zero-order valence-corrected chi connectivity index (χ0v) is 25.9. The number of halogens is 12. The van der Waals surface area contributed by atoms with Gasteiger partial charge in [-0.15, -0.1) is 0 Å². The van der Waals surface area contributed by atoms with Crippen molar-refractivity contribution in [2.75, 3.05) is 13.1 Å². The van der Waals surface area contributed by atoms with E-state index in [0.29, 0.717) is 9.80 Å². The van der Waals surface area contributed by atoms with Gasteiger partial charge in [0.25, 0.3) is 0 Å². The molecule has 0 spiro atoms. The summed E-state index contributed by atoms with van der Waals surface area (Å²) in [4.78, 5) is 45.3. The van der Waals surface area contributed by atoms with E-state index < -0.39 is 112 Å². The molecule has 2 aliphatic rings. The molecule has 4 rings (SSSR count). The fraction of sp³-hybridized carbons (Fsp3) is 0.385. The molecule has 0 bridgehead atoms. The van der Waals surface area contributed by atoms with E-state index in [1.807, 2.05) is 0 Å². The van der Waals surface area contributed by atoms with E-state index in [2.05, 4.69) is 0 Å².